The second kappa shape index (κ2) is 6.27. The number of rotatable bonds is 3. The van der Waals surface area contributed by atoms with Gasteiger partial charge in [-0.25, -0.2) is 28.1 Å². The van der Waals surface area contributed by atoms with E-state index in [0.29, 0.717) is 4.57 Å². The minimum absolute atomic E-state index is 0.140. The number of para-hydroxylation sites is 2. The van der Waals surface area contributed by atoms with Crippen molar-refractivity contribution in [3.8, 4) is 22.8 Å². The third kappa shape index (κ3) is 2.58. The van der Waals surface area contributed by atoms with Gasteiger partial charge in [0.15, 0.2) is 17.2 Å². The van der Waals surface area contributed by atoms with Crippen molar-refractivity contribution in [2.45, 2.75) is 0 Å². The molecule has 2 aromatic carbocycles. The van der Waals surface area contributed by atoms with Crippen molar-refractivity contribution < 1.29 is 18.7 Å². The molecule has 0 radical (unpaired) electrons. The third-order valence-corrected chi connectivity index (χ3v) is 4.08. The van der Waals surface area contributed by atoms with E-state index in [4.69, 9.17) is 5.73 Å². The second-order valence-corrected chi connectivity index (χ2v) is 5.81. The normalized spacial score (nSPS) is 11.1. The Morgan fingerprint density at radius 2 is 1.75 bits per heavy atom. The number of benzene rings is 2. The van der Waals surface area contributed by atoms with Gasteiger partial charge >= 0.3 is 5.69 Å². The second-order valence-electron chi connectivity index (χ2n) is 5.81. The third-order valence-electron chi connectivity index (χ3n) is 4.08. The van der Waals surface area contributed by atoms with E-state index in [1.807, 2.05) is 0 Å². The number of hydrogen-bond acceptors (Lipinski definition) is 5. The first-order valence-corrected chi connectivity index (χ1v) is 7.94. The zero-order valence-corrected chi connectivity index (χ0v) is 14.0. The number of phenolic OH excluding ortho intramolecular Hbond substituents is 1. The summed E-state index contributed by atoms with van der Waals surface area (Å²) in [6.07, 6.45) is 0. The molecule has 4 aromatic rings. The number of aromatic nitrogens is 4. The van der Waals surface area contributed by atoms with Gasteiger partial charge in [0, 0.05) is 0 Å². The van der Waals surface area contributed by atoms with Crippen molar-refractivity contribution in [3.63, 3.8) is 0 Å². The molecule has 0 aliphatic rings. The molecule has 140 valence electrons. The maximum atomic E-state index is 14.3. The van der Waals surface area contributed by atoms with E-state index in [1.54, 1.807) is 12.1 Å². The Balaban J connectivity index is 2.14. The SMILES string of the molecule is NC(=O)c1nc(-c2ccccc2O)nc2c1[nH]c(=O)n2-c1c(F)cccc1F. The zero-order valence-electron chi connectivity index (χ0n) is 14.0. The molecule has 1 amide bonds. The molecule has 8 nitrogen and oxygen atoms in total. The predicted octanol–water partition coefficient (Wildman–Crippen LogP) is 1.86. The minimum atomic E-state index is -1.01. The van der Waals surface area contributed by atoms with Crippen molar-refractivity contribution >= 4 is 17.1 Å². The number of halogens is 2. The number of nitrogens with two attached hydrogens (primary N) is 1. The summed E-state index contributed by atoms with van der Waals surface area (Å²) in [5, 5.41) is 10.1. The number of carbonyl (C=O) groups excluding carboxylic acids is 1. The quantitative estimate of drug-likeness (QED) is 0.498. The van der Waals surface area contributed by atoms with Crippen LogP contribution in [0.5, 0.6) is 5.75 Å². The fourth-order valence-electron chi connectivity index (χ4n) is 2.86. The summed E-state index contributed by atoms with van der Waals surface area (Å²) in [5.41, 5.74) is 3.07. The van der Waals surface area contributed by atoms with E-state index in [0.717, 1.165) is 18.2 Å². The van der Waals surface area contributed by atoms with E-state index in [1.165, 1.54) is 12.1 Å². The number of H-pyrrole nitrogens is 1. The van der Waals surface area contributed by atoms with Crippen molar-refractivity contribution in [2.75, 3.05) is 0 Å². The van der Waals surface area contributed by atoms with Crippen LogP contribution >= 0.6 is 0 Å². The maximum Gasteiger partial charge on any atom is 0.332 e. The molecule has 28 heavy (non-hydrogen) atoms. The Kier molecular flexibility index (Phi) is 3.88. The number of fused-ring (bicyclic) bond motifs is 1. The lowest BCUT2D eigenvalue weighted by atomic mass is 10.2. The molecule has 2 aromatic heterocycles. The molecule has 0 unspecified atom stereocenters. The van der Waals surface area contributed by atoms with Crippen LogP contribution in [0.25, 0.3) is 28.2 Å². The highest BCUT2D eigenvalue weighted by Gasteiger charge is 2.23. The number of primary amides is 1. The lowest BCUT2D eigenvalue weighted by Crippen LogP contribution is -2.17. The van der Waals surface area contributed by atoms with Gasteiger partial charge in [-0.15, -0.1) is 0 Å². The number of imidazole rings is 1. The summed E-state index contributed by atoms with van der Waals surface area (Å²) in [4.78, 5) is 34.8. The van der Waals surface area contributed by atoms with E-state index in [9.17, 15) is 23.5 Å². The van der Waals surface area contributed by atoms with Crippen LogP contribution in [-0.4, -0.2) is 30.5 Å². The standard InChI is InChI=1S/C18H11F2N5O3/c19-9-5-3-6-10(20)14(9)25-17-13(23-18(25)28)12(15(21)27)22-16(24-17)8-4-1-2-7-11(8)26/h1-7,26H,(H2,21,27)(H,23,28). The molecule has 0 spiro atoms. The lowest BCUT2D eigenvalue weighted by Gasteiger charge is -2.08. The number of phenols is 1. The molecule has 4 N–H and O–H groups in total. The summed E-state index contributed by atoms with van der Waals surface area (Å²) in [6, 6.07) is 9.09. The van der Waals surface area contributed by atoms with E-state index in [-0.39, 0.29) is 34.0 Å². The number of amides is 1. The van der Waals surface area contributed by atoms with Gasteiger partial charge in [-0.3, -0.25) is 4.79 Å². The number of aromatic hydroxyl groups is 1. The maximum absolute atomic E-state index is 14.3. The van der Waals surface area contributed by atoms with E-state index < -0.39 is 28.9 Å². The van der Waals surface area contributed by atoms with Crippen LogP contribution in [0.15, 0.2) is 47.3 Å². The molecule has 2 heterocycles. The van der Waals surface area contributed by atoms with Crippen molar-refractivity contribution in [2.24, 2.45) is 5.73 Å². The lowest BCUT2D eigenvalue weighted by molar-refractivity contribution is 0.0997. The average Bonchev–Trinajstić information content (AvgIpc) is 2.97. The molecule has 0 bridgehead atoms. The highest BCUT2D eigenvalue weighted by atomic mass is 19.1. The van der Waals surface area contributed by atoms with Crippen LogP contribution in [0.2, 0.25) is 0 Å². The molecule has 0 saturated carbocycles. The summed E-state index contributed by atoms with van der Waals surface area (Å²) in [6.45, 7) is 0. The van der Waals surface area contributed by atoms with Crippen LogP contribution in [-0.2, 0) is 0 Å². The molecule has 0 aliphatic heterocycles. The van der Waals surface area contributed by atoms with Crippen LogP contribution in [0.1, 0.15) is 10.5 Å². The molecule has 0 saturated heterocycles. The monoisotopic (exact) mass is 383 g/mol. The fraction of sp³-hybridized carbons (Fsp3) is 0. The highest BCUT2D eigenvalue weighted by molar-refractivity contribution is 6.02. The van der Waals surface area contributed by atoms with Gasteiger partial charge in [0.2, 0.25) is 0 Å². The van der Waals surface area contributed by atoms with Gasteiger partial charge in [-0.2, -0.15) is 0 Å². The van der Waals surface area contributed by atoms with Crippen LogP contribution in [0, 0.1) is 11.6 Å². The summed E-state index contributed by atoms with van der Waals surface area (Å²) >= 11 is 0. The number of carbonyl (C=O) groups is 1. The summed E-state index contributed by atoms with van der Waals surface area (Å²) < 4.78 is 29.2. The number of aromatic amines is 1. The van der Waals surface area contributed by atoms with Gasteiger partial charge in [0.1, 0.15) is 28.6 Å². The molecule has 0 atom stereocenters. The Bertz CT molecular complexity index is 1290. The Morgan fingerprint density at radius 3 is 2.39 bits per heavy atom. The molecular formula is C18H11F2N5O3. The van der Waals surface area contributed by atoms with Gasteiger partial charge < -0.3 is 15.8 Å². The van der Waals surface area contributed by atoms with Crippen molar-refractivity contribution in [1.82, 2.24) is 19.5 Å². The van der Waals surface area contributed by atoms with Crippen LogP contribution < -0.4 is 11.4 Å². The van der Waals surface area contributed by atoms with Gasteiger partial charge in [-0.05, 0) is 24.3 Å². The Morgan fingerprint density at radius 1 is 1.07 bits per heavy atom. The summed E-state index contributed by atoms with van der Waals surface area (Å²) in [7, 11) is 0. The van der Waals surface area contributed by atoms with Crippen molar-refractivity contribution in [1.29, 1.82) is 0 Å². The molecule has 10 heteroatoms. The van der Waals surface area contributed by atoms with Gasteiger partial charge in [0.25, 0.3) is 5.91 Å². The van der Waals surface area contributed by atoms with Gasteiger partial charge in [-0.1, -0.05) is 18.2 Å². The number of nitrogens with zero attached hydrogens (tertiary/aromatic N) is 3. The van der Waals surface area contributed by atoms with Crippen LogP contribution in [0.4, 0.5) is 8.78 Å². The van der Waals surface area contributed by atoms with Crippen molar-refractivity contribution in [3.05, 3.63) is 70.3 Å². The van der Waals surface area contributed by atoms with Gasteiger partial charge in [0.05, 0.1) is 5.56 Å². The molecular weight excluding hydrogens is 372 g/mol. The minimum Gasteiger partial charge on any atom is -0.507 e. The largest absolute Gasteiger partial charge is 0.507 e. The van der Waals surface area contributed by atoms with E-state index in [2.05, 4.69) is 15.0 Å². The first kappa shape index (κ1) is 17.3. The number of nitrogens with one attached hydrogen (secondary N) is 1. The molecule has 0 fully saturated rings. The molecule has 0 aliphatic carbocycles. The topological polar surface area (TPSA) is 127 Å². The molecule has 4 rings (SSSR count). The Labute approximate surface area is 154 Å². The Hall–Kier alpha value is -4.08. The van der Waals surface area contributed by atoms with E-state index >= 15 is 0 Å². The first-order chi connectivity index (χ1) is 13.4. The average molecular weight is 383 g/mol. The van der Waals surface area contributed by atoms with Crippen LogP contribution in [0.3, 0.4) is 0 Å². The summed E-state index contributed by atoms with van der Waals surface area (Å²) in [5.74, 6) is -3.35. The predicted molar refractivity (Wildman–Crippen MR) is 95.0 cm³/mol. The highest BCUT2D eigenvalue weighted by Crippen LogP contribution is 2.28. The smallest absolute Gasteiger partial charge is 0.332 e. The fourth-order valence-corrected chi connectivity index (χ4v) is 2.86. The zero-order chi connectivity index (χ0) is 20.0. The first-order valence-electron chi connectivity index (χ1n) is 7.94. The number of hydrogen-bond donors (Lipinski definition) is 3.